The maximum Gasteiger partial charge on any atom is 0.222 e. The number of ether oxygens (including phenoxy) is 1. The fraction of sp³-hybridized carbons (Fsp3) is 0.400. The first-order valence-electron chi connectivity index (χ1n) is 11.0. The Morgan fingerprint density at radius 3 is 2.65 bits per heavy atom. The van der Waals surface area contributed by atoms with Crippen LogP contribution < -0.4 is 4.74 Å². The van der Waals surface area contributed by atoms with Gasteiger partial charge in [-0.3, -0.25) is 4.90 Å². The maximum absolute atomic E-state index is 13.7. The molecule has 1 saturated carbocycles. The second-order valence-corrected chi connectivity index (χ2v) is 8.38. The summed E-state index contributed by atoms with van der Waals surface area (Å²) in [6.07, 6.45) is 2.82. The number of hydrogen-bond donors (Lipinski definition) is 1. The van der Waals surface area contributed by atoms with Crippen LogP contribution in [0.15, 0.2) is 54.6 Å². The molecule has 1 aliphatic rings. The van der Waals surface area contributed by atoms with Gasteiger partial charge in [0.15, 0.2) is 0 Å². The van der Waals surface area contributed by atoms with Gasteiger partial charge in [0.1, 0.15) is 17.3 Å². The number of hydrogen-bond acceptors (Lipinski definition) is 4. The lowest BCUT2D eigenvalue weighted by Gasteiger charge is -2.25. The number of rotatable bonds is 10. The first-order valence-corrected chi connectivity index (χ1v) is 11.0. The first kappa shape index (κ1) is 21.5. The molecule has 1 heterocycles. The predicted octanol–water partition coefficient (Wildman–Crippen LogP) is 5.00. The quantitative estimate of drug-likeness (QED) is 0.499. The minimum absolute atomic E-state index is 0.342. The van der Waals surface area contributed by atoms with Gasteiger partial charge in [-0.2, -0.15) is 5.10 Å². The molecule has 1 aliphatic carbocycles. The van der Waals surface area contributed by atoms with Crippen molar-refractivity contribution >= 4 is 0 Å². The smallest absolute Gasteiger partial charge is 0.222 e. The van der Waals surface area contributed by atoms with E-state index in [0.717, 1.165) is 23.4 Å². The average molecular weight is 424 g/mol. The van der Waals surface area contributed by atoms with E-state index in [1.807, 2.05) is 44.3 Å². The Labute approximate surface area is 183 Å². The van der Waals surface area contributed by atoms with Crippen LogP contribution in [0.3, 0.4) is 0 Å². The maximum atomic E-state index is 13.7. The van der Waals surface area contributed by atoms with E-state index >= 15 is 0 Å². The van der Waals surface area contributed by atoms with Crippen LogP contribution in [-0.2, 0) is 13.6 Å². The van der Waals surface area contributed by atoms with Crippen molar-refractivity contribution in [1.82, 2.24) is 14.7 Å². The van der Waals surface area contributed by atoms with Gasteiger partial charge in [0.2, 0.25) is 5.88 Å². The Balaban J connectivity index is 1.71. The summed E-state index contributed by atoms with van der Waals surface area (Å²) in [6.45, 7) is 4.16. The average Bonchev–Trinajstić information content (AvgIpc) is 3.53. The van der Waals surface area contributed by atoms with E-state index in [0.29, 0.717) is 37.1 Å². The lowest BCUT2D eigenvalue weighted by atomic mass is 10.1. The minimum atomic E-state index is -0.372. The van der Waals surface area contributed by atoms with Gasteiger partial charge in [0, 0.05) is 38.3 Å². The van der Waals surface area contributed by atoms with Crippen LogP contribution >= 0.6 is 0 Å². The zero-order valence-electron chi connectivity index (χ0n) is 18.2. The van der Waals surface area contributed by atoms with Crippen molar-refractivity contribution in [2.75, 3.05) is 13.1 Å². The van der Waals surface area contributed by atoms with Gasteiger partial charge >= 0.3 is 0 Å². The van der Waals surface area contributed by atoms with Crippen LogP contribution in [0.5, 0.6) is 11.6 Å². The Hall–Kier alpha value is -2.70. The van der Waals surface area contributed by atoms with Gasteiger partial charge in [-0.15, -0.1) is 0 Å². The summed E-state index contributed by atoms with van der Waals surface area (Å²) in [4.78, 5) is 2.30. The summed E-state index contributed by atoms with van der Waals surface area (Å²) in [7, 11) is 1.84. The molecule has 0 saturated heterocycles. The number of nitrogens with zero attached hydrogens (tertiary/aromatic N) is 3. The van der Waals surface area contributed by atoms with Crippen LogP contribution in [0, 0.1) is 11.7 Å². The molecule has 6 heteroatoms. The van der Waals surface area contributed by atoms with Gasteiger partial charge in [0.25, 0.3) is 0 Å². The normalized spacial score (nSPS) is 14.7. The number of halogens is 1. The highest BCUT2D eigenvalue weighted by Crippen LogP contribution is 2.36. The molecule has 3 aromatic rings. The van der Waals surface area contributed by atoms with Gasteiger partial charge in [-0.25, -0.2) is 9.07 Å². The van der Waals surface area contributed by atoms with E-state index in [1.54, 1.807) is 16.8 Å². The van der Waals surface area contributed by atoms with Crippen LogP contribution in [0.4, 0.5) is 4.39 Å². The van der Waals surface area contributed by atoms with Crippen LogP contribution in [-0.4, -0.2) is 39.0 Å². The molecule has 1 N–H and O–H groups in total. The van der Waals surface area contributed by atoms with Gasteiger partial charge in [-0.05, 0) is 37.3 Å². The highest BCUT2D eigenvalue weighted by atomic mass is 19.1. The Kier molecular flexibility index (Phi) is 6.68. The summed E-state index contributed by atoms with van der Waals surface area (Å²) >= 11 is 0. The molecule has 1 aromatic heterocycles. The van der Waals surface area contributed by atoms with Crippen molar-refractivity contribution in [2.45, 2.75) is 38.8 Å². The standard InChI is InChI=1S/C25H30FN3O2/c1-3-21(30)16-29(15-18-12-13-18)17-23-24(19-8-5-4-6-9-19)27-28(2)25(23)31-22-11-7-10-20(26)14-22/h4-11,14,18,21,30H,3,12-13,15-17H2,1-2H3/t21-/m0/s1. The fourth-order valence-corrected chi connectivity index (χ4v) is 3.81. The zero-order chi connectivity index (χ0) is 21.8. The molecule has 0 radical (unpaired) electrons. The second-order valence-electron chi connectivity index (χ2n) is 8.38. The number of aliphatic hydroxyl groups is 1. The summed E-state index contributed by atoms with van der Waals surface area (Å²) < 4.78 is 21.6. The van der Waals surface area contributed by atoms with Gasteiger partial charge in [0.05, 0.1) is 11.7 Å². The predicted molar refractivity (Wildman–Crippen MR) is 119 cm³/mol. The molecule has 164 valence electrons. The number of benzene rings is 2. The summed E-state index contributed by atoms with van der Waals surface area (Å²) in [5.74, 6) is 1.38. The topological polar surface area (TPSA) is 50.5 Å². The molecule has 0 amide bonds. The Morgan fingerprint density at radius 1 is 1.19 bits per heavy atom. The van der Waals surface area contributed by atoms with E-state index < -0.39 is 0 Å². The number of aryl methyl sites for hydroxylation is 1. The molecule has 0 aliphatic heterocycles. The lowest BCUT2D eigenvalue weighted by molar-refractivity contribution is 0.102. The largest absolute Gasteiger partial charge is 0.439 e. The fourth-order valence-electron chi connectivity index (χ4n) is 3.81. The number of aliphatic hydroxyl groups excluding tert-OH is 1. The third kappa shape index (κ3) is 5.51. The van der Waals surface area contributed by atoms with Crippen molar-refractivity contribution in [3.63, 3.8) is 0 Å². The van der Waals surface area contributed by atoms with Crippen molar-refractivity contribution in [3.05, 3.63) is 66.0 Å². The van der Waals surface area contributed by atoms with E-state index in [-0.39, 0.29) is 11.9 Å². The van der Waals surface area contributed by atoms with Crippen molar-refractivity contribution in [1.29, 1.82) is 0 Å². The third-order valence-electron chi connectivity index (χ3n) is 5.68. The third-order valence-corrected chi connectivity index (χ3v) is 5.68. The first-order chi connectivity index (χ1) is 15.0. The summed E-state index contributed by atoms with van der Waals surface area (Å²) in [5.41, 5.74) is 2.80. The van der Waals surface area contributed by atoms with Crippen molar-refractivity contribution in [2.24, 2.45) is 13.0 Å². The molecule has 4 rings (SSSR count). The lowest BCUT2D eigenvalue weighted by Crippen LogP contribution is -2.33. The molecule has 5 nitrogen and oxygen atoms in total. The van der Waals surface area contributed by atoms with Crippen LogP contribution in [0.1, 0.15) is 31.7 Å². The molecular formula is C25H30FN3O2. The minimum Gasteiger partial charge on any atom is -0.439 e. The van der Waals surface area contributed by atoms with E-state index in [2.05, 4.69) is 4.90 Å². The second kappa shape index (κ2) is 9.62. The Morgan fingerprint density at radius 2 is 1.97 bits per heavy atom. The monoisotopic (exact) mass is 423 g/mol. The van der Waals surface area contributed by atoms with Crippen LogP contribution in [0.25, 0.3) is 11.3 Å². The molecule has 0 spiro atoms. The summed E-state index contributed by atoms with van der Waals surface area (Å²) in [6, 6.07) is 16.2. The highest BCUT2D eigenvalue weighted by Gasteiger charge is 2.28. The van der Waals surface area contributed by atoms with E-state index in [4.69, 9.17) is 9.84 Å². The molecule has 1 atom stereocenters. The van der Waals surface area contributed by atoms with Crippen LogP contribution in [0.2, 0.25) is 0 Å². The van der Waals surface area contributed by atoms with E-state index in [9.17, 15) is 9.50 Å². The van der Waals surface area contributed by atoms with Crippen molar-refractivity contribution < 1.29 is 14.2 Å². The van der Waals surface area contributed by atoms with Crippen molar-refractivity contribution in [3.8, 4) is 22.9 Å². The number of aromatic nitrogens is 2. The molecule has 0 bridgehead atoms. The zero-order valence-corrected chi connectivity index (χ0v) is 18.2. The molecule has 2 aromatic carbocycles. The highest BCUT2D eigenvalue weighted by molar-refractivity contribution is 5.65. The Bertz CT molecular complexity index is 1000. The SMILES string of the molecule is CC[C@H](O)CN(Cc1c(-c2ccccc2)nn(C)c1Oc1cccc(F)c1)CC1CC1. The molecule has 1 fully saturated rings. The molecular weight excluding hydrogens is 393 g/mol. The summed E-state index contributed by atoms with van der Waals surface area (Å²) in [5, 5.41) is 15.1. The molecule has 31 heavy (non-hydrogen) atoms. The van der Waals surface area contributed by atoms with E-state index in [1.165, 1.54) is 25.0 Å². The molecule has 0 unspecified atom stereocenters. The van der Waals surface area contributed by atoms with Gasteiger partial charge in [-0.1, -0.05) is 43.3 Å². The van der Waals surface area contributed by atoms with Gasteiger partial charge < -0.3 is 9.84 Å².